The van der Waals surface area contributed by atoms with Crippen molar-refractivity contribution in [2.24, 2.45) is 0 Å². The van der Waals surface area contributed by atoms with E-state index in [1.54, 1.807) is 18.2 Å². The fourth-order valence-electron chi connectivity index (χ4n) is 7.15. The number of urea groups is 1. The third kappa shape index (κ3) is 5.69. The summed E-state index contributed by atoms with van der Waals surface area (Å²) in [5.41, 5.74) is 6.49. The Morgan fingerprint density at radius 2 is 1.46 bits per heavy atom. The van der Waals surface area contributed by atoms with Gasteiger partial charge in [0.1, 0.15) is 12.2 Å². The molecular weight excluding hydrogens is 602 g/mol. The van der Waals surface area contributed by atoms with Crippen LogP contribution in [0.25, 0.3) is 6.08 Å². The lowest BCUT2D eigenvalue weighted by molar-refractivity contribution is -0.122. The van der Waals surface area contributed by atoms with Gasteiger partial charge in [-0.1, -0.05) is 72.7 Å². The highest BCUT2D eigenvalue weighted by atomic mass is 16.5. The molecule has 4 aromatic carbocycles. The van der Waals surface area contributed by atoms with Gasteiger partial charge in [0, 0.05) is 30.6 Å². The van der Waals surface area contributed by atoms with E-state index >= 15 is 0 Å². The fourth-order valence-corrected chi connectivity index (χ4v) is 7.15. The summed E-state index contributed by atoms with van der Waals surface area (Å²) in [6.45, 7) is 4.12. The Morgan fingerprint density at radius 1 is 0.833 bits per heavy atom. The number of barbiturate groups is 1. The highest BCUT2D eigenvalue weighted by Crippen LogP contribution is 2.50. The van der Waals surface area contributed by atoms with E-state index in [1.165, 1.54) is 22.9 Å². The van der Waals surface area contributed by atoms with E-state index in [1.807, 2.05) is 55.5 Å². The molecule has 240 valence electrons. The Morgan fingerprint density at radius 3 is 2.04 bits per heavy atom. The minimum atomic E-state index is -0.779. The monoisotopic (exact) mass is 637 g/mol. The Bertz CT molecular complexity index is 1890. The normalized spacial score (nSPS) is 19.4. The van der Waals surface area contributed by atoms with Gasteiger partial charge in [-0.2, -0.15) is 0 Å². The standard InChI is InChI=1S/C40H35N3O5/c1-3-21-48-35-16-15-26(23-36(35)47-4-2)22-34-38(44)41-40(46)43(39(34)45)29-24-32-30(27-11-7-5-8-12-27)17-19-42-20-18-31(33(25-29)37(32)42)28-13-9-6-10-14-28/h1,5-16,22-25,30-31H,4,17-21H2,2H3,(H,41,44,46)/b34-22+/t30-,31-/m0/s1. The Labute approximate surface area is 280 Å². The van der Waals surface area contributed by atoms with Crippen LogP contribution >= 0.6 is 0 Å². The van der Waals surface area contributed by atoms with Crippen molar-refractivity contribution >= 4 is 35.3 Å². The lowest BCUT2D eigenvalue weighted by Crippen LogP contribution is -2.54. The number of hydrogen-bond donors (Lipinski definition) is 1. The number of carbonyl (C=O) groups is 3. The zero-order valence-corrected chi connectivity index (χ0v) is 26.6. The number of rotatable bonds is 8. The average molecular weight is 638 g/mol. The second-order valence-corrected chi connectivity index (χ2v) is 12.1. The van der Waals surface area contributed by atoms with E-state index in [-0.39, 0.29) is 24.0 Å². The lowest BCUT2D eigenvalue weighted by atomic mass is 9.76. The predicted molar refractivity (Wildman–Crippen MR) is 185 cm³/mol. The van der Waals surface area contributed by atoms with Crippen molar-refractivity contribution in [3.8, 4) is 23.8 Å². The van der Waals surface area contributed by atoms with E-state index in [0.29, 0.717) is 29.4 Å². The van der Waals surface area contributed by atoms with Gasteiger partial charge in [0.25, 0.3) is 11.8 Å². The van der Waals surface area contributed by atoms with Crippen molar-refractivity contribution in [3.05, 3.63) is 124 Å². The Balaban J connectivity index is 1.34. The molecule has 7 rings (SSSR count). The van der Waals surface area contributed by atoms with Crippen molar-refractivity contribution in [1.82, 2.24) is 5.32 Å². The zero-order chi connectivity index (χ0) is 33.2. The summed E-state index contributed by atoms with van der Waals surface area (Å²) in [5, 5.41) is 2.40. The fraction of sp³-hybridized carbons (Fsp3) is 0.225. The van der Waals surface area contributed by atoms with Gasteiger partial charge < -0.3 is 14.4 Å². The molecule has 0 saturated carbocycles. The van der Waals surface area contributed by atoms with Gasteiger partial charge in [-0.25, -0.2) is 9.69 Å². The van der Waals surface area contributed by atoms with Crippen LogP contribution in [0.3, 0.4) is 0 Å². The number of nitrogens with one attached hydrogen (secondary N) is 1. The third-order valence-electron chi connectivity index (χ3n) is 9.25. The van der Waals surface area contributed by atoms with Crippen molar-refractivity contribution in [1.29, 1.82) is 0 Å². The van der Waals surface area contributed by atoms with E-state index in [0.717, 1.165) is 42.0 Å². The molecule has 3 heterocycles. The molecule has 8 nitrogen and oxygen atoms in total. The maximum absolute atomic E-state index is 14.2. The second kappa shape index (κ2) is 13.1. The zero-order valence-electron chi connectivity index (χ0n) is 26.6. The van der Waals surface area contributed by atoms with Crippen LogP contribution in [0.4, 0.5) is 16.2 Å². The summed E-state index contributed by atoms with van der Waals surface area (Å²) >= 11 is 0. The SMILES string of the molecule is C#CCOc1ccc(/C=C2\C(=O)NC(=O)N(c3cc4c5c(c3)[C@H](c3ccccc3)CCN5CC[C@H]4c3ccccc3)C2=O)cc1OCC. The van der Waals surface area contributed by atoms with Crippen LogP contribution in [0.1, 0.15) is 59.4 Å². The molecule has 0 aromatic heterocycles. The van der Waals surface area contributed by atoms with Crippen molar-refractivity contribution in [2.75, 3.05) is 36.1 Å². The van der Waals surface area contributed by atoms with E-state index in [2.05, 4.69) is 40.4 Å². The van der Waals surface area contributed by atoms with E-state index in [4.69, 9.17) is 15.9 Å². The second-order valence-electron chi connectivity index (χ2n) is 12.1. The maximum Gasteiger partial charge on any atom is 0.335 e. The van der Waals surface area contributed by atoms with Gasteiger partial charge in [-0.15, -0.1) is 6.42 Å². The molecular formula is C40H35N3O5. The molecule has 3 aliphatic rings. The minimum absolute atomic E-state index is 0.0647. The first-order chi connectivity index (χ1) is 23.5. The van der Waals surface area contributed by atoms with Gasteiger partial charge in [0.05, 0.1) is 12.3 Å². The first-order valence-electron chi connectivity index (χ1n) is 16.2. The number of amides is 4. The highest BCUT2D eigenvalue weighted by Gasteiger charge is 2.40. The summed E-state index contributed by atoms with van der Waals surface area (Å²) in [6, 6.07) is 28.9. The summed E-state index contributed by atoms with van der Waals surface area (Å²) in [4.78, 5) is 44.4. The average Bonchev–Trinajstić information content (AvgIpc) is 3.11. The largest absolute Gasteiger partial charge is 0.490 e. The first kappa shape index (κ1) is 30.8. The molecule has 1 fully saturated rings. The number of nitrogens with zero attached hydrogens (tertiary/aromatic N) is 2. The number of benzene rings is 4. The maximum atomic E-state index is 14.2. The summed E-state index contributed by atoms with van der Waals surface area (Å²) in [5.74, 6) is 2.01. The molecule has 0 spiro atoms. The van der Waals surface area contributed by atoms with Crippen molar-refractivity contribution in [2.45, 2.75) is 31.6 Å². The molecule has 2 atom stereocenters. The molecule has 8 heteroatoms. The molecule has 4 aromatic rings. The number of imide groups is 2. The van der Waals surface area contributed by atoms with Crippen molar-refractivity contribution < 1.29 is 23.9 Å². The van der Waals surface area contributed by atoms with E-state index in [9.17, 15) is 14.4 Å². The number of terminal acetylenes is 1. The summed E-state index contributed by atoms with van der Waals surface area (Å²) < 4.78 is 11.3. The molecule has 0 bridgehead atoms. The molecule has 3 aliphatic heterocycles. The number of ether oxygens (including phenoxy) is 2. The van der Waals surface area contributed by atoms with Gasteiger partial charge in [-0.05, 0) is 77.9 Å². The number of hydrogen-bond acceptors (Lipinski definition) is 6. The number of anilines is 2. The Kier molecular flexibility index (Phi) is 8.43. The van der Waals surface area contributed by atoms with Gasteiger partial charge in [-0.3, -0.25) is 14.9 Å². The molecule has 4 amide bonds. The number of carbonyl (C=O) groups excluding carboxylic acids is 3. The molecule has 0 radical (unpaired) electrons. The first-order valence-corrected chi connectivity index (χ1v) is 16.2. The minimum Gasteiger partial charge on any atom is -0.490 e. The molecule has 48 heavy (non-hydrogen) atoms. The van der Waals surface area contributed by atoms with E-state index < -0.39 is 17.8 Å². The van der Waals surface area contributed by atoms with Crippen LogP contribution in [-0.2, 0) is 9.59 Å². The van der Waals surface area contributed by atoms with Gasteiger partial charge in [0.2, 0.25) is 0 Å². The lowest BCUT2D eigenvalue weighted by Gasteiger charge is -2.44. The quantitative estimate of drug-likeness (QED) is 0.132. The molecule has 1 N–H and O–H groups in total. The topological polar surface area (TPSA) is 88.2 Å². The smallest absolute Gasteiger partial charge is 0.335 e. The van der Waals surface area contributed by atoms with Crippen LogP contribution in [0.2, 0.25) is 0 Å². The summed E-state index contributed by atoms with van der Waals surface area (Å²) in [7, 11) is 0. The molecule has 1 saturated heterocycles. The van der Waals surface area contributed by atoms with Crippen molar-refractivity contribution in [3.63, 3.8) is 0 Å². The van der Waals surface area contributed by atoms with Gasteiger partial charge in [0.15, 0.2) is 11.5 Å². The highest BCUT2D eigenvalue weighted by molar-refractivity contribution is 6.39. The third-order valence-corrected chi connectivity index (χ3v) is 9.25. The summed E-state index contributed by atoms with van der Waals surface area (Å²) in [6.07, 6.45) is 8.63. The molecule has 0 aliphatic carbocycles. The predicted octanol–water partition coefficient (Wildman–Crippen LogP) is 6.64. The van der Waals surface area contributed by atoms with Crippen LogP contribution in [0.15, 0.2) is 96.6 Å². The van der Waals surface area contributed by atoms with Crippen LogP contribution < -0.4 is 24.6 Å². The molecule has 0 unspecified atom stereocenters. The van der Waals surface area contributed by atoms with Crippen LogP contribution in [0, 0.1) is 12.3 Å². The van der Waals surface area contributed by atoms with Crippen LogP contribution in [-0.4, -0.2) is 44.1 Å². The van der Waals surface area contributed by atoms with Crippen LogP contribution in [0.5, 0.6) is 11.5 Å². The van der Waals surface area contributed by atoms with Gasteiger partial charge >= 0.3 is 6.03 Å². The Hall–Kier alpha value is -5.81.